The van der Waals surface area contributed by atoms with Crippen molar-refractivity contribution >= 4 is 5.97 Å². The van der Waals surface area contributed by atoms with E-state index in [4.69, 9.17) is 9.47 Å². The van der Waals surface area contributed by atoms with Gasteiger partial charge >= 0.3 is 5.97 Å². The van der Waals surface area contributed by atoms with Crippen molar-refractivity contribution < 1.29 is 19.4 Å². The number of hydrogen-bond acceptors (Lipinski definition) is 4. The second-order valence-corrected chi connectivity index (χ2v) is 6.77. The van der Waals surface area contributed by atoms with Gasteiger partial charge in [0, 0.05) is 23.1 Å². The van der Waals surface area contributed by atoms with Gasteiger partial charge in [-0.2, -0.15) is 0 Å². The number of carbonyl (C=O) groups excluding carboxylic acids is 1. The minimum Gasteiger partial charge on any atom is -0.508 e. The van der Waals surface area contributed by atoms with Crippen molar-refractivity contribution in [1.82, 2.24) is 0 Å². The summed E-state index contributed by atoms with van der Waals surface area (Å²) in [5.74, 6) is 0.746. The molecular weight excluding hydrogens is 340 g/mol. The van der Waals surface area contributed by atoms with Crippen LogP contribution in [0.25, 0.3) is 0 Å². The molecule has 0 aromatic heterocycles. The molecule has 27 heavy (non-hydrogen) atoms. The molecule has 0 fully saturated rings. The Kier molecular flexibility index (Phi) is 4.55. The van der Waals surface area contributed by atoms with Crippen LogP contribution in [0.4, 0.5) is 0 Å². The van der Waals surface area contributed by atoms with E-state index in [9.17, 15) is 9.90 Å². The summed E-state index contributed by atoms with van der Waals surface area (Å²) in [6.07, 6.45) is 0.239. The zero-order chi connectivity index (χ0) is 18.8. The van der Waals surface area contributed by atoms with Crippen molar-refractivity contribution in [3.05, 3.63) is 89.0 Å². The minimum absolute atomic E-state index is 0.0752. The first kappa shape index (κ1) is 17.2. The molecule has 4 rings (SSSR count). The molecule has 0 spiro atoms. The fourth-order valence-electron chi connectivity index (χ4n) is 3.48. The van der Waals surface area contributed by atoms with Crippen LogP contribution in [0.15, 0.2) is 66.7 Å². The van der Waals surface area contributed by atoms with Crippen LogP contribution in [-0.4, -0.2) is 11.1 Å². The maximum absolute atomic E-state index is 12.1. The average molecular weight is 360 g/mol. The number of aromatic hydroxyl groups is 1. The van der Waals surface area contributed by atoms with Crippen LogP contribution in [0.2, 0.25) is 0 Å². The number of para-hydroxylation sites is 1. The van der Waals surface area contributed by atoms with E-state index in [1.807, 2.05) is 36.4 Å². The molecule has 0 radical (unpaired) electrons. The molecule has 1 unspecified atom stereocenters. The molecule has 1 heterocycles. The molecule has 4 nitrogen and oxygen atoms in total. The number of ether oxygens (including phenoxy) is 2. The van der Waals surface area contributed by atoms with E-state index < -0.39 is 0 Å². The summed E-state index contributed by atoms with van der Waals surface area (Å²) in [7, 11) is 0. The van der Waals surface area contributed by atoms with Gasteiger partial charge in [0.2, 0.25) is 0 Å². The lowest BCUT2D eigenvalue weighted by Crippen LogP contribution is -2.21. The Labute approximate surface area is 158 Å². The van der Waals surface area contributed by atoms with Crippen LogP contribution >= 0.6 is 0 Å². The van der Waals surface area contributed by atoms with E-state index in [0.29, 0.717) is 12.4 Å². The topological polar surface area (TPSA) is 55.8 Å². The van der Waals surface area contributed by atoms with Gasteiger partial charge < -0.3 is 14.6 Å². The minimum atomic E-state index is -0.313. The van der Waals surface area contributed by atoms with Crippen molar-refractivity contribution in [2.75, 3.05) is 0 Å². The molecule has 4 heteroatoms. The van der Waals surface area contributed by atoms with Gasteiger partial charge in [-0.15, -0.1) is 0 Å². The molecule has 3 aromatic carbocycles. The zero-order valence-electron chi connectivity index (χ0n) is 15.0. The first-order chi connectivity index (χ1) is 13.1. The fraction of sp³-hybridized carbons (Fsp3) is 0.174. The Morgan fingerprint density at radius 1 is 1.04 bits per heavy atom. The van der Waals surface area contributed by atoms with Gasteiger partial charge in [-0.25, -0.2) is 0 Å². The molecule has 0 bridgehead atoms. The lowest BCUT2D eigenvalue weighted by molar-refractivity contribution is -0.135. The standard InChI is InChI=1S/C23H20O4/c1-15-5-4-6-16(11-15)14-26-21-8-3-2-7-18(21)20-13-23(25)27-22-12-17(24)9-10-19(20)22/h2-12,20,24H,13-14H2,1H3. The fourth-order valence-corrected chi connectivity index (χ4v) is 3.48. The predicted molar refractivity (Wildman–Crippen MR) is 102 cm³/mol. The summed E-state index contributed by atoms with van der Waals surface area (Å²) in [4.78, 5) is 12.1. The Morgan fingerprint density at radius 3 is 2.74 bits per heavy atom. The monoisotopic (exact) mass is 360 g/mol. The van der Waals surface area contributed by atoms with Crippen LogP contribution in [0, 0.1) is 6.92 Å². The quantitative estimate of drug-likeness (QED) is 0.540. The first-order valence-corrected chi connectivity index (χ1v) is 8.91. The summed E-state index contributed by atoms with van der Waals surface area (Å²) in [5.41, 5.74) is 4.10. The van der Waals surface area contributed by atoms with Crippen molar-refractivity contribution in [3.63, 3.8) is 0 Å². The molecule has 1 N–H and O–H groups in total. The highest BCUT2D eigenvalue weighted by Gasteiger charge is 2.30. The Balaban J connectivity index is 1.66. The third-order valence-corrected chi connectivity index (χ3v) is 4.74. The molecule has 1 atom stereocenters. The number of hydrogen-bond donors (Lipinski definition) is 1. The van der Waals surface area contributed by atoms with Crippen molar-refractivity contribution in [2.45, 2.75) is 25.9 Å². The molecule has 0 amide bonds. The van der Waals surface area contributed by atoms with E-state index in [-0.39, 0.29) is 24.1 Å². The molecule has 3 aromatic rings. The first-order valence-electron chi connectivity index (χ1n) is 8.91. The van der Waals surface area contributed by atoms with Gasteiger partial charge in [0.25, 0.3) is 0 Å². The van der Waals surface area contributed by atoms with E-state index >= 15 is 0 Å². The van der Waals surface area contributed by atoms with Gasteiger partial charge in [-0.3, -0.25) is 4.79 Å². The van der Waals surface area contributed by atoms with Crippen molar-refractivity contribution in [2.24, 2.45) is 0 Å². The number of phenolic OH excluding ortho intramolecular Hbond substituents is 1. The highest BCUT2D eigenvalue weighted by atomic mass is 16.5. The molecular formula is C23H20O4. The van der Waals surface area contributed by atoms with E-state index in [2.05, 4.69) is 19.1 Å². The molecule has 0 aliphatic carbocycles. The van der Waals surface area contributed by atoms with Crippen LogP contribution in [-0.2, 0) is 11.4 Å². The maximum atomic E-state index is 12.1. The second kappa shape index (κ2) is 7.16. The number of carbonyl (C=O) groups is 1. The van der Waals surface area contributed by atoms with Crippen LogP contribution < -0.4 is 9.47 Å². The Bertz CT molecular complexity index is 993. The number of fused-ring (bicyclic) bond motifs is 1. The lowest BCUT2D eigenvalue weighted by Gasteiger charge is -2.26. The number of rotatable bonds is 4. The molecule has 136 valence electrons. The number of phenols is 1. The van der Waals surface area contributed by atoms with E-state index in [0.717, 1.165) is 22.4 Å². The zero-order valence-corrected chi connectivity index (χ0v) is 15.0. The average Bonchev–Trinajstić information content (AvgIpc) is 2.65. The van der Waals surface area contributed by atoms with Gasteiger partial charge in [0.05, 0.1) is 6.42 Å². The summed E-state index contributed by atoms with van der Waals surface area (Å²) in [6.45, 7) is 2.51. The van der Waals surface area contributed by atoms with Crippen LogP contribution in [0.3, 0.4) is 0 Å². The molecule has 1 aliphatic rings. The number of benzene rings is 3. The molecule has 0 saturated carbocycles. The third-order valence-electron chi connectivity index (χ3n) is 4.74. The van der Waals surface area contributed by atoms with E-state index in [1.165, 1.54) is 11.6 Å². The Hall–Kier alpha value is -3.27. The highest BCUT2D eigenvalue weighted by molar-refractivity contribution is 5.78. The summed E-state index contributed by atoms with van der Waals surface area (Å²) in [5, 5.41) is 9.70. The smallest absolute Gasteiger partial charge is 0.312 e. The Morgan fingerprint density at radius 2 is 1.89 bits per heavy atom. The summed E-state index contributed by atoms with van der Waals surface area (Å²) < 4.78 is 11.4. The lowest BCUT2D eigenvalue weighted by atomic mass is 9.86. The van der Waals surface area contributed by atoms with Gasteiger partial charge in [0.15, 0.2) is 0 Å². The number of esters is 1. The van der Waals surface area contributed by atoms with Crippen molar-refractivity contribution in [3.8, 4) is 17.2 Å². The number of aryl methyl sites for hydroxylation is 1. The van der Waals surface area contributed by atoms with Gasteiger partial charge in [-0.1, -0.05) is 54.1 Å². The van der Waals surface area contributed by atoms with E-state index in [1.54, 1.807) is 12.1 Å². The third kappa shape index (κ3) is 3.65. The van der Waals surface area contributed by atoms with Crippen LogP contribution in [0.5, 0.6) is 17.2 Å². The summed E-state index contributed by atoms with van der Waals surface area (Å²) in [6, 6.07) is 20.9. The van der Waals surface area contributed by atoms with Crippen LogP contribution in [0.1, 0.15) is 34.6 Å². The normalized spacial score (nSPS) is 15.7. The summed E-state index contributed by atoms with van der Waals surface area (Å²) >= 11 is 0. The predicted octanol–water partition coefficient (Wildman–Crippen LogP) is 4.72. The molecule has 1 aliphatic heterocycles. The SMILES string of the molecule is Cc1cccc(COc2ccccc2C2CC(=O)Oc3cc(O)ccc32)c1. The van der Waals surface area contributed by atoms with Crippen molar-refractivity contribution in [1.29, 1.82) is 0 Å². The van der Waals surface area contributed by atoms with Gasteiger partial charge in [0.1, 0.15) is 23.9 Å². The second-order valence-electron chi connectivity index (χ2n) is 6.77. The largest absolute Gasteiger partial charge is 0.508 e. The van der Waals surface area contributed by atoms with Gasteiger partial charge in [-0.05, 0) is 24.6 Å². The maximum Gasteiger partial charge on any atom is 0.312 e. The highest BCUT2D eigenvalue weighted by Crippen LogP contribution is 2.43. The molecule has 0 saturated heterocycles.